The van der Waals surface area contributed by atoms with E-state index < -0.39 is 51.8 Å². The number of hydrogen-bond donors (Lipinski definition) is 1. The molecule has 0 radical (unpaired) electrons. The molecule has 53 heavy (non-hydrogen) atoms. The Morgan fingerprint density at radius 2 is 1.02 bits per heavy atom. The molecule has 3 saturated heterocycles. The third-order valence-corrected chi connectivity index (χ3v) is 8.80. The molecule has 0 aliphatic carbocycles. The van der Waals surface area contributed by atoms with Crippen molar-refractivity contribution in [1.82, 2.24) is 14.7 Å². The van der Waals surface area contributed by atoms with Gasteiger partial charge in [0.2, 0.25) is 0 Å². The van der Waals surface area contributed by atoms with Gasteiger partial charge in [0, 0.05) is 25.2 Å². The van der Waals surface area contributed by atoms with E-state index in [1.807, 2.05) is 25.7 Å². The lowest BCUT2D eigenvalue weighted by molar-refractivity contribution is -0.191. The second-order valence-corrected chi connectivity index (χ2v) is 16.6. The van der Waals surface area contributed by atoms with Crippen molar-refractivity contribution in [2.24, 2.45) is 0 Å². The molecule has 3 heterocycles. The van der Waals surface area contributed by atoms with Gasteiger partial charge in [0.05, 0.1) is 0 Å². The number of carboxylic acid groups (broad SMARTS) is 1. The molecular formula is C37H65N5O11. The maximum Gasteiger partial charge on any atom is 0.411 e. The summed E-state index contributed by atoms with van der Waals surface area (Å²) in [6.07, 6.45) is 5.46. The largest absolute Gasteiger partial charge is 0.480 e. The number of hydrogen-bond acceptors (Lipinski definition) is 10. The first-order valence-corrected chi connectivity index (χ1v) is 17.5. The smallest absolute Gasteiger partial charge is 0.411 e. The normalized spacial score (nSPS) is 23.5. The molecule has 0 saturated carbocycles. The van der Waals surface area contributed by atoms with Gasteiger partial charge in [-0.2, -0.15) is 14.4 Å². The second kappa shape index (κ2) is 20.2. The fraction of sp³-hybridized carbons (Fsp3) is 0.811. The number of nitrogens with zero attached hydrogens (tertiary/aromatic N) is 5. The third kappa shape index (κ3) is 15.7. The van der Waals surface area contributed by atoms with E-state index >= 15 is 0 Å². The third-order valence-electron chi connectivity index (χ3n) is 8.80. The van der Waals surface area contributed by atoms with Crippen molar-refractivity contribution in [3.05, 3.63) is 5.53 Å². The summed E-state index contributed by atoms with van der Waals surface area (Å²) >= 11 is 0. The van der Waals surface area contributed by atoms with Gasteiger partial charge < -0.3 is 29.7 Å². The lowest BCUT2D eigenvalue weighted by Gasteiger charge is -2.35. The van der Waals surface area contributed by atoms with E-state index in [0.29, 0.717) is 32.4 Å². The minimum absolute atomic E-state index is 0. The lowest BCUT2D eigenvalue weighted by atomic mass is 9.94. The van der Waals surface area contributed by atoms with E-state index in [0.717, 1.165) is 38.4 Å². The number of aliphatic carboxylic acids is 1. The van der Waals surface area contributed by atoms with Crippen molar-refractivity contribution in [3.63, 3.8) is 0 Å². The van der Waals surface area contributed by atoms with Crippen LogP contribution >= 0.6 is 0 Å². The SMILES string of the molecule is C.CC(C)(C)OC(=O)N1CCCC1(C)C(=O)C=[N+]=[N-].CC(C)(C)OC(=O)N1CCCC1(C)C(=O)O.CCC1(C)CCCN1C(=O)OC(C)(C)C.O=C=O. The lowest BCUT2D eigenvalue weighted by Crippen LogP contribution is -2.52. The van der Waals surface area contributed by atoms with Gasteiger partial charge in [0.1, 0.15) is 27.9 Å². The average molecular weight is 756 g/mol. The first-order valence-electron chi connectivity index (χ1n) is 17.5. The quantitative estimate of drug-likeness (QED) is 0.137. The first kappa shape index (κ1) is 50.8. The maximum absolute atomic E-state index is 12.0. The molecule has 0 aromatic carbocycles. The molecule has 3 fully saturated rings. The summed E-state index contributed by atoms with van der Waals surface area (Å²) in [5.41, 5.74) is 4.74. The van der Waals surface area contributed by atoms with E-state index in [-0.39, 0.29) is 25.2 Å². The molecule has 3 amide bonds. The Balaban J connectivity index is 0. The molecule has 304 valence electrons. The molecule has 0 aromatic heterocycles. The standard InChI is InChI=1S/C12H19N3O3.C12H23NO2.C11H19NO4.CO2.CH4/c1-11(2,3)18-10(17)15-7-5-6-12(15,4)9(16)8-14-13;1-6-12(5)8-7-9-13(12)10(14)15-11(2,3)4;1-10(2,3)16-9(15)12-7-5-6-11(12,4)8(13)14;2-1-3;/h8H,5-7H2,1-4H3;6-9H2,1-5H3;5-7H2,1-4H3,(H,13,14);;1H4. The van der Waals surface area contributed by atoms with Gasteiger partial charge in [-0.05, 0) is 128 Å². The fourth-order valence-corrected chi connectivity index (χ4v) is 5.84. The van der Waals surface area contributed by atoms with Gasteiger partial charge in [-0.15, -0.1) is 0 Å². The highest BCUT2D eigenvalue weighted by atomic mass is 16.6. The van der Waals surface area contributed by atoms with Crippen LogP contribution in [0.2, 0.25) is 0 Å². The van der Waals surface area contributed by atoms with Crippen LogP contribution in [0.4, 0.5) is 14.4 Å². The zero-order valence-electron chi connectivity index (χ0n) is 33.4. The molecule has 16 heteroatoms. The van der Waals surface area contributed by atoms with Crippen LogP contribution < -0.4 is 0 Å². The minimum atomic E-state index is -1.12. The predicted octanol–water partition coefficient (Wildman–Crippen LogP) is 6.74. The number of carbonyl (C=O) groups is 5. The second-order valence-electron chi connectivity index (χ2n) is 16.6. The van der Waals surface area contributed by atoms with E-state index in [9.17, 15) is 24.0 Å². The average Bonchev–Trinajstić information content (AvgIpc) is 3.69. The summed E-state index contributed by atoms with van der Waals surface area (Å²) in [6.45, 7) is 25.6. The molecule has 3 unspecified atom stereocenters. The van der Waals surface area contributed by atoms with Crippen molar-refractivity contribution < 1.29 is 57.7 Å². The Hall–Kier alpha value is -4.29. The highest BCUT2D eigenvalue weighted by Crippen LogP contribution is 2.34. The van der Waals surface area contributed by atoms with Crippen LogP contribution in [0.25, 0.3) is 5.53 Å². The molecule has 3 aliphatic rings. The maximum atomic E-state index is 12.0. The van der Waals surface area contributed by atoms with E-state index in [1.54, 1.807) is 55.4 Å². The number of rotatable bonds is 4. The van der Waals surface area contributed by atoms with E-state index in [1.165, 1.54) is 9.80 Å². The van der Waals surface area contributed by atoms with Crippen LogP contribution in [0.3, 0.4) is 0 Å². The molecule has 3 atom stereocenters. The number of carboxylic acids is 1. The van der Waals surface area contributed by atoms with Crippen molar-refractivity contribution in [2.75, 3.05) is 19.6 Å². The van der Waals surface area contributed by atoms with Crippen LogP contribution in [-0.2, 0) is 33.4 Å². The molecular weight excluding hydrogens is 690 g/mol. The van der Waals surface area contributed by atoms with Crippen LogP contribution in [0.5, 0.6) is 0 Å². The van der Waals surface area contributed by atoms with Gasteiger partial charge >= 0.3 is 36.6 Å². The van der Waals surface area contributed by atoms with Gasteiger partial charge in [-0.25, -0.2) is 19.2 Å². The summed E-state index contributed by atoms with van der Waals surface area (Å²) < 4.78 is 15.9. The van der Waals surface area contributed by atoms with Gasteiger partial charge in [0.25, 0.3) is 5.78 Å². The summed E-state index contributed by atoms with van der Waals surface area (Å²) in [7, 11) is 0. The Labute approximate surface area is 315 Å². The van der Waals surface area contributed by atoms with Crippen molar-refractivity contribution >= 4 is 42.4 Å². The monoisotopic (exact) mass is 755 g/mol. The van der Waals surface area contributed by atoms with Crippen LogP contribution in [-0.4, -0.2) is 120 Å². The van der Waals surface area contributed by atoms with Crippen LogP contribution in [0.15, 0.2) is 0 Å². The molecule has 0 aromatic rings. The summed E-state index contributed by atoms with van der Waals surface area (Å²) in [5, 5.41) is 9.14. The number of likely N-dealkylation sites (tertiary alicyclic amines) is 3. The highest BCUT2D eigenvalue weighted by Gasteiger charge is 2.49. The Bertz CT molecular complexity index is 1350. The van der Waals surface area contributed by atoms with Gasteiger partial charge in [-0.1, -0.05) is 14.4 Å². The molecule has 0 bridgehead atoms. The van der Waals surface area contributed by atoms with Crippen LogP contribution in [0.1, 0.15) is 142 Å². The number of Topliss-reactive ketones (excluding diaryl/α,β-unsaturated/α-hetero) is 1. The zero-order valence-corrected chi connectivity index (χ0v) is 33.4. The zero-order chi connectivity index (χ0) is 40.9. The molecule has 3 rings (SSSR count). The minimum Gasteiger partial charge on any atom is -0.480 e. The molecule has 1 N–H and O–H groups in total. The van der Waals surface area contributed by atoms with E-state index in [4.69, 9.17) is 34.4 Å². The van der Waals surface area contributed by atoms with E-state index in [2.05, 4.69) is 18.6 Å². The van der Waals surface area contributed by atoms with Gasteiger partial charge in [0.15, 0.2) is 0 Å². The topological polar surface area (TPSA) is 214 Å². The predicted molar refractivity (Wildman–Crippen MR) is 196 cm³/mol. The van der Waals surface area contributed by atoms with Gasteiger partial charge in [-0.3, -0.25) is 14.6 Å². The first-order chi connectivity index (χ1) is 23.6. The number of carbonyl (C=O) groups excluding carboxylic acids is 6. The highest BCUT2D eigenvalue weighted by molar-refractivity contribution is 6.30. The van der Waals surface area contributed by atoms with Crippen LogP contribution in [0, 0.1) is 0 Å². The molecule has 16 nitrogen and oxygen atoms in total. The summed E-state index contributed by atoms with van der Waals surface area (Å²) in [6, 6.07) is 0. The fourth-order valence-electron chi connectivity index (χ4n) is 5.84. The Morgan fingerprint density at radius 1 is 0.698 bits per heavy atom. The Kier molecular flexibility index (Phi) is 19.4. The number of amides is 3. The molecule has 3 aliphatic heterocycles. The van der Waals surface area contributed by atoms with Crippen molar-refractivity contribution in [3.8, 4) is 0 Å². The summed E-state index contributed by atoms with van der Waals surface area (Å²) in [5.74, 6) is -1.37. The van der Waals surface area contributed by atoms with Crippen molar-refractivity contribution in [1.29, 1.82) is 0 Å². The Morgan fingerprint density at radius 3 is 1.36 bits per heavy atom. The number of ether oxygens (including phenoxy) is 3. The summed E-state index contributed by atoms with van der Waals surface area (Å²) in [4.78, 5) is 82.4. The number of ketones is 1. The van der Waals surface area contributed by atoms with Crippen molar-refractivity contribution in [2.45, 2.75) is 176 Å². The molecule has 0 spiro atoms.